The molecule has 120 valence electrons. The van der Waals surface area contributed by atoms with E-state index in [1.165, 1.54) is 13.2 Å². The van der Waals surface area contributed by atoms with E-state index in [1.54, 1.807) is 12.1 Å². The molecular weight excluding hydrogens is 308 g/mol. The summed E-state index contributed by atoms with van der Waals surface area (Å²) in [4.78, 5) is 23.4. The lowest BCUT2D eigenvalue weighted by Crippen LogP contribution is -2.37. The highest BCUT2D eigenvalue weighted by molar-refractivity contribution is 6.40. The minimum atomic E-state index is -0.776. The maximum atomic E-state index is 11.7. The van der Waals surface area contributed by atoms with E-state index in [4.69, 9.17) is 16.3 Å². The lowest BCUT2D eigenvalue weighted by Gasteiger charge is -2.10. The molecule has 0 unspecified atom stereocenters. The molecule has 0 heterocycles. The summed E-state index contributed by atoms with van der Waals surface area (Å²) in [5.74, 6) is -0.678. The van der Waals surface area contributed by atoms with Crippen LogP contribution in [0.15, 0.2) is 18.2 Å². The Kier molecular flexibility index (Phi) is 5.63. The van der Waals surface area contributed by atoms with E-state index in [9.17, 15) is 14.7 Å². The van der Waals surface area contributed by atoms with Gasteiger partial charge in [0.1, 0.15) is 5.75 Å². The summed E-state index contributed by atoms with van der Waals surface area (Å²) >= 11 is 5.94. The van der Waals surface area contributed by atoms with Gasteiger partial charge in [0, 0.05) is 12.2 Å². The largest absolute Gasteiger partial charge is 0.495 e. The van der Waals surface area contributed by atoms with Gasteiger partial charge in [-0.25, -0.2) is 0 Å². The molecule has 1 aliphatic carbocycles. The molecule has 2 rings (SSSR count). The van der Waals surface area contributed by atoms with Crippen LogP contribution in [0.3, 0.4) is 0 Å². The van der Waals surface area contributed by atoms with E-state index in [1.807, 2.05) is 0 Å². The third-order valence-corrected chi connectivity index (χ3v) is 3.80. The molecule has 6 nitrogen and oxygen atoms in total. The highest BCUT2D eigenvalue weighted by Crippen LogP contribution is 2.33. The van der Waals surface area contributed by atoms with Gasteiger partial charge in [0.2, 0.25) is 0 Å². The summed E-state index contributed by atoms with van der Waals surface area (Å²) < 4.78 is 5.00. The number of nitrogens with one attached hydrogen (secondary N) is 2. The van der Waals surface area contributed by atoms with Crippen molar-refractivity contribution in [3.05, 3.63) is 23.2 Å². The number of amides is 2. The van der Waals surface area contributed by atoms with Gasteiger partial charge in [0.25, 0.3) is 0 Å². The highest BCUT2D eigenvalue weighted by atomic mass is 35.5. The molecule has 1 atom stereocenters. The Morgan fingerprint density at radius 3 is 2.73 bits per heavy atom. The molecular formula is C15H19ClN2O4. The van der Waals surface area contributed by atoms with Gasteiger partial charge in [-0.2, -0.15) is 0 Å². The van der Waals surface area contributed by atoms with Crippen LogP contribution < -0.4 is 15.4 Å². The van der Waals surface area contributed by atoms with E-state index in [-0.39, 0.29) is 6.54 Å². The van der Waals surface area contributed by atoms with Gasteiger partial charge >= 0.3 is 11.8 Å². The quantitative estimate of drug-likeness (QED) is 0.692. The van der Waals surface area contributed by atoms with Gasteiger partial charge in [-0.05, 0) is 43.4 Å². The fourth-order valence-corrected chi connectivity index (χ4v) is 2.32. The number of carbonyl (C=O) groups is 2. The molecule has 0 aliphatic heterocycles. The summed E-state index contributed by atoms with van der Waals surface area (Å²) in [6, 6.07) is 4.69. The molecule has 0 bridgehead atoms. The standard InChI is InChI=1S/C15H19ClN2O4/c1-22-13-5-4-10(8-11(13)16)18-15(21)14(20)17-7-6-12(19)9-2-3-9/h4-5,8-9,12,19H,2-3,6-7H2,1H3,(H,17,20)(H,18,21)/t12-/m1/s1. The van der Waals surface area contributed by atoms with E-state index in [0.717, 1.165) is 12.8 Å². The van der Waals surface area contributed by atoms with Crippen molar-refractivity contribution in [2.24, 2.45) is 5.92 Å². The van der Waals surface area contributed by atoms with Crippen molar-refractivity contribution in [1.82, 2.24) is 5.32 Å². The van der Waals surface area contributed by atoms with Crippen molar-refractivity contribution >= 4 is 29.1 Å². The van der Waals surface area contributed by atoms with Crippen molar-refractivity contribution in [2.75, 3.05) is 19.0 Å². The molecule has 1 aliphatic rings. The molecule has 1 saturated carbocycles. The van der Waals surface area contributed by atoms with Gasteiger partial charge in [0.15, 0.2) is 0 Å². The van der Waals surface area contributed by atoms with Crippen molar-refractivity contribution in [1.29, 1.82) is 0 Å². The van der Waals surface area contributed by atoms with Crippen LogP contribution in [0, 0.1) is 5.92 Å². The molecule has 0 spiro atoms. The molecule has 2 amide bonds. The van der Waals surface area contributed by atoms with Crippen LogP contribution in [0.4, 0.5) is 5.69 Å². The Labute approximate surface area is 133 Å². The zero-order chi connectivity index (χ0) is 16.1. The van der Waals surface area contributed by atoms with Gasteiger partial charge in [-0.15, -0.1) is 0 Å². The molecule has 0 radical (unpaired) electrons. The first-order valence-corrected chi connectivity index (χ1v) is 7.50. The van der Waals surface area contributed by atoms with E-state index in [0.29, 0.717) is 28.8 Å². The number of hydrogen-bond acceptors (Lipinski definition) is 4. The third kappa shape index (κ3) is 4.61. The van der Waals surface area contributed by atoms with Gasteiger partial charge in [-0.1, -0.05) is 11.6 Å². The zero-order valence-electron chi connectivity index (χ0n) is 12.3. The van der Waals surface area contributed by atoms with Crippen LogP contribution in [-0.2, 0) is 9.59 Å². The Balaban J connectivity index is 1.77. The SMILES string of the molecule is COc1ccc(NC(=O)C(=O)NCC[C@@H](O)C2CC2)cc1Cl. The first-order chi connectivity index (χ1) is 10.5. The predicted molar refractivity (Wildman–Crippen MR) is 83.0 cm³/mol. The summed E-state index contributed by atoms with van der Waals surface area (Å²) in [5.41, 5.74) is 0.406. The van der Waals surface area contributed by atoms with Crippen LogP contribution in [0.25, 0.3) is 0 Å². The molecule has 1 aromatic carbocycles. The Morgan fingerprint density at radius 1 is 1.41 bits per heavy atom. The molecule has 7 heteroatoms. The first kappa shape index (κ1) is 16.6. The van der Waals surface area contributed by atoms with E-state index < -0.39 is 17.9 Å². The second-order valence-corrected chi connectivity index (χ2v) is 5.66. The Morgan fingerprint density at radius 2 is 2.14 bits per heavy atom. The molecule has 0 saturated heterocycles. The normalized spacial score (nSPS) is 15.0. The van der Waals surface area contributed by atoms with E-state index >= 15 is 0 Å². The Bertz CT molecular complexity index is 560. The number of ether oxygens (including phenoxy) is 1. The zero-order valence-corrected chi connectivity index (χ0v) is 13.0. The number of aliphatic hydroxyl groups is 1. The maximum Gasteiger partial charge on any atom is 0.313 e. The smallest absolute Gasteiger partial charge is 0.313 e. The van der Waals surface area contributed by atoms with Gasteiger partial charge in [-0.3, -0.25) is 9.59 Å². The lowest BCUT2D eigenvalue weighted by molar-refractivity contribution is -0.136. The van der Waals surface area contributed by atoms with Crippen LogP contribution in [0.2, 0.25) is 5.02 Å². The number of anilines is 1. The minimum absolute atomic E-state index is 0.271. The van der Waals surface area contributed by atoms with Crippen LogP contribution >= 0.6 is 11.6 Å². The van der Waals surface area contributed by atoms with Crippen LogP contribution in [0.1, 0.15) is 19.3 Å². The maximum absolute atomic E-state index is 11.7. The average molecular weight is 327 g/mol. The number of rotatable bonds is 6. The minimum Gasteiger partial charge on any atom is -0.495 e. The van der Waals surface area contributed by atoms with Gasteiger partial charge < -0.3 is 20.5 Å². The van der Waals surface area contributed by atoms with Crippen molar-refractivity contribution in [2.45, 2.75) is 25.4 Å². The molecule has 3 N–H and O–H groups in total. The molecule has 1 aromatic rings. The number of aliphatic hydroxyl groups excluding tert-OH is 1. The number of methoxy groups -OCH3 is 1. The molecule has 22 heavy (non-hydrogen) atoms. The average Bonchev–Trinajstić information content (AvgIpc) is 3.31. The summed E-state index contributed by atoms with van der Waals surface area (Å²) in [6.07, 6.45) is 2.13. The van der Waals surface area contributed by atoms with Crippen molar-refractivity contribution in [3.63, 3.8) is 0 Å². The second kappa shape index (κ2) is 7.47. The van der Waals surface area contributed by atoms with Crippen LogP contribution in [-0.4, -0.2) is 36.7 Å². The number of hydrogen-bond donors (Lipinski definition) is 3. The summed E-state index contributed by atoms with van der Waals surface area (Å²) in [7, 11) is 1.49. The second-order valence-electron chi connectivity index (χ2n) is 5.25. The predicted octanol–water partition coefficient (Wildman–Crippen LogP) is 1.56. The fourth-order valence-electron chi connectivity index (χ4n) is 2.06. The van der Waals surface area contributed by atoms with Gasteiger partial charge in [0.05, 0.1) is 18.2 Å². The highest BCUT2D eigenvalue weighted by Gasteiger charge is 2.29. The lowest BCUT2D eigenvalue weighted by atomic mass is 10.2. The number of benzene rings is 1. The topological polar surface area (TPSA) is 87.7 Å². The number of carbonyl (C=O) groups excluding carboxylic acids is 2. The Hall–Kier alpha value is -1.79. The first-order valence-electron chi connectivity index (χ1n) is 7.12. The van der Waals surface area contributed by atoms with Crippen molar-refractivity contribution in [3.8, 4) is 5.75 Å². The molecule has 1 fully saturated rings. The molecule has 0 aromatic heterocycles. The monoisotopic (exact) mass is 326 g/mol. The van der Waals surface area contributed by atoms with Crippen molar-refractivity contribution < 1.29 is 19.4 Å². The fraction of sp³-hybridized carbons (Fsp3) is 0.467. The summed E-state index contributed by atoms with van der Waals surface area (Å²) in [6.45, 7) is 0.271. The summed E-state index contributed by atoms with van der Waals surface area (Å²) in [5, 5.41) is 15.0. The third-order valence-electron chi connectivity index (χ3n) is 3.51. The number of halogens is 1. The van der Waals surface area contributed by atoms with E-state index in [2.05, 4.69) is 10.6 Å². The van der Waals surface area contributed by atoms with Crippen LogP contribution in [0.5, 0.6) is 5.75 Å².